The molecule has 0 spiro atoms. The van der Waals surface area contributed by atoms with Crippen molar-refractivity contribution in [2.75, 3.05) is 10.6 Å². The molecule has 0 saturated carbocycles. The van der Waals surface area contributed by atoms with Gasteiger partial charge in [-0.25, -0.2) is 4.98 Å². The van der Waals surface area contributed by atoms with Crippen LogP contribution in [0.15, 0.2) is 60.0 Å². The number of hydrogen-bond donors (Lipinski definition) is 2. The lowest BCUT2D eigenvalue weighted by Gasteiger charge is -2.08. The Kier molecular flexibility index (Phi) is 5.22. The number of carbonyl (C=O) groups is 1. The molecule has 0 bridgehead atoms. The van der Waals surface area contributed by atoms with E-state index < -0.39 is 11.7 Å². The summed E-state index contributed by atoms with van der Waals surface area (Å²) < 4.78 is 37.6. The van der Waals surface area contributed by atoms with Gasteiger partial charge in [0.25, 0.3) is 0 Å². The summed E-state index contributed by atoms with van der Waals surface area (Å²) in [7, 11) is 0. The average molecular weight is 377 g/mol. The lowest BCUT2D eigenvalue weighted by Crippen LogP contribution is -2.15. The first-order valence-electron chi connectivity index (χ1n) is 7.64. The van der Waals surface area contributed by atoms with Crippen LogP contribution < -0.4 is 10.6 Å². The maximum absolute atomic E-state index is 12.5. The summed E-state index contributed by atoms with van der Waals surface area (Å²) in [4.78, 5) is 16.4. The molecule has 3 rings (SSSR count). The zero-order valence-corrected chi connectivity index (χ0v) is 14.2. The predicted molar refractivity (Wildman–Crippen MR) is 95.6 cm³/mol. The van der Waals surface area contributed by atoms with E-state index in [1.807, 2.05) is 30.3 Å². The summed E-state index contributed by atoms with van der Waals surface area (Å²) in [6.45, 7) is 0. The van der Waals surface area contributed by atoms with Crippen LogP contribution in [0, 0.1) is 0 Å². The molecule has 2 aromatic carbocycles. The maximum Gasteiger partial charge on any atom is 0.416 e. The Morgan fingerprint density at radius 1 is 1.00 bits per heavy atom. The smallest absolute Gasteiger partial charge is 0.332 e. The van der Waals surface area contributed by atoms with Crippen LogP contribution in [0.3, 0.4) is 0 Å². The van der Waals surface area contributed by atoms with E-state index in [9.17, 15) is 18.0 Å². The van der Waals surface area contributed by atoms with Crippen LogP contribution in [0.5, 0.6) is 0 Å². The van der Waals surface area contributed by atoms with Gasteiger partial charge in [-0.1, -0.05) is 18.2 Å². The Morgan fingerprint density at radius 3 is 2.35 bits per heavy atom. The second-order valence-corrected chi connectivity index (χ2v) is 6.29. The van der Waals surface area contributed by atoms with E-state index in [0.29, 0.717) is 16.5 Å². The number of benzene rings is 2. The molecule has 1 amide bonds. The highest BCUT2D eigenvalue weighted by Crippen LogP contribution is 2.29. The Balaban J connectivity index is 1.57. The van der Waals surface area contributed by atoms with Gasteiger partial charge in [0.15, 0.2) is 5.13 Å². The number of rotatable bonds is 5. The van der Waals surface area contributed by atoms with Crippen LogP contribution in [0.1, 0.15) is 11.3 Å². The van der Waals surface area contributed by atoms with E-state index in [4.69, 9.17) is 0 Å². The van der Waals surface area contributed by atoms with Crippen molar-refractivity contribution in [2.24, 2.45) is 0 Å². The molecule has 2 N–H and O–H groups in total. The number of nitrogens with zero attached hydrogens (tertiary/aromatic N) is 1. The highest BCUT2D eigenvalue weighted by molar-refractivity contribution is 7.13. The number of anilines is 3. The molecular weight excluding hydrogens is 363 g/mol. The minimum atomic E-state index is -4.40. The van der Waals surface area contributed by atoms with Crippen molar-refractivity contribution < 1.29 is 18.0 Å². The molecule has 1 heterocycles. The summed E-state index contributed by atoms with van der Waals surface area (Å²) in [5.74, 6) is -0.346. The molecule has 0 fully saturated rings. The van der Waals surface area contributed by atoms with Crippen molar-refractivity contribution in [1.29, 1.82) is 0 Å². The molecule has 0 aliphatic heterocycles. The van der Waals surface area contributed by atoms with Crippen molar-refractivity contribution >= 4 is 33.8 Å². The molecule has 0 atom stereocenters. The predicted octanol–water partition coefficient (Wildman–Crippen LogP) is 5.09. The highest BCUT2D eigenvalue weighted by atomic mass is 32.1. The second-order valence-electron chi connectivity index (χ2n) is 5.44. The number of hydrogen-bond acceptors (Lipinski definition) is 4. The largest absolute Gasteiger partial charge is 0.416 e. The van der Waals surface area contributed by atoms with E-state index in [-0.39, 0.29) is 12.3 Å². The fourth-order valence-electron chi connectivity index (χ4n) is 2.20. The summed E-state index contributed by atoms with van der Waals surface area (Å²) >= 11 is 1.37. The maximum atomic E-state index is 12.5. The van der Waals surface area contributed by atoms with Crippen molar-refractivity contribution in [3.8, 4) is 0 Å². The molecule has 8 heteroatoms. The van der Waals surface area contributed by atoms with Gasteiger partial charge in [-0.3, -0.25) is 4.79 Å². The van der Waals surface area contributed by atoms with E-state index in [0.717, 1.165) is 17.8 Å². The zero-order valence-electron chi connectivity index (χ0n) is 13.4. The van der Waals surface area contributed by atoms with Gasteiger partial charge < -0.3 is 10.6 Å². The van der Waals surface area contributed by atoms with Gasteiger partial charge in [0.2, 0.25) is 5.91 Å². The Labute approximate surface area is 151 Å². The van der Waals surface area contributed by atoms with Crippen LogP contribution in [0.25, 0.3) is 0 Å². The number of amides is 1. The van der Waals surface area contributed by atoms with Gasteiger partial charge >= 0.3 is 6.18 Å². The van der Waals surface area contributed by atoms with Crippen molar-refractivity contribution in [2.45, 2.75) is 12.6 Å². The highest BCUT2D eigenvalue weighted by Gasteiger charge is 2.29. The van der Waals surface area contributed by atoms with E-state index in [2.05, 4.69) is 15.6 Å². The van der Waals surface area contributed by atoms with Gasteiger partial charge in [0, 0.05) is 16.8 Å². The molecular formula is C18H14F3N3OS. The van der Waals surface area contributed by atoms with Gasteiger partial charge in [0.05, 0.1) is 17.7 Å². The number of nitrogens with one attached hydrogen (secondary N) is 2. The third kappa shape index (κ3) is 4.82. The first-order chi connectivity index (χ1) is 12.4. The lowest BCUT2D eigenvalue weighted by molar-refractivity contribution is -0.137. The minimum Gasteiger partial charge on any atom is -0.332 e. The molecule has 26 heavy (non-hydrogen) atoms. The topological polar surface area (TPSA) is 54.0 Å². The quantitative estimate of drug-likeness (QED) is 0.651. The number of alkyl halides is 3. The van der Waals surface area contributed by atoms with Crippen molar-refractivity contribution in [1.82, 2.24) is 4.98 Å². The monoisotopic (exact) mass is 377 g/mol. The standard InChI is InChI=1S/C18H14F3N3OS/c19-18(20,21)12-6-8-14(9-7-12)22-16(25)10-15-11-26-17(24-15)23-13-4-2-1-3-5-13/h1-9,11H,10H2,(H,22,25)(H,23,24). The molecule has 0 unspecified atom stereocenters. The summed E-state index contributed by atoms with van der Waals surface area (Å²) in [6.07, 6.45) is -4.36. The first-order valence-corrected chi connectivity index (χ1v) is 8.52. The molecule has 0 aliphatic rings. The van der Waals surface area contributed by atoms with Crippen LogP contribution in [-0.2, 0) is 17.4 Å². The normalized spacial score (nSPS) is 11.2. The fraction of sp³-hybridized carbons (Fsp3) is 0.111. The SMILES string of the molecule is O=C(Cc1csc(Nc2ccccc2)n1)Nc1ccc(C(F)(F)F)cc1. The Hall–Kier alpha value is -2.87. The first kappa shape index (κ1) is 17.9. The Morgan fingerprint density at radius 2 is 1.69 bits per heavy atom. The molecule has 0 radical (unpaired) electrons. The number of para-hydroxylation sites is 1. The van der Waals surface area contributed by atoms with E-state index >= 15 is 0 Å². The minimum absolute atomic E-state index is 0.0357. The average Bonchev–Trinajstić information content (AvgIpc) is 3.02. The van der Waals surface area contributed by atoms with Gasteiger partial charge in [-0.15, -0.1) is 11.3 Å². The van der Waals surface area contributed by atoms with Crippen LogP contribution in [-0.4, -0.2) is 10.9 Å². The van der Waals surface area contributed by atoms with Crippen LogP contribution >= 0.6 is 11.3 Å². The third-order valence-electron chi connectivity index (χ3n) is 3.41. The second kappa shape index (κ2) is 7.57. The van der Waals surface area contributed by atoms with Crippen LogP contribution in [0.2, 0.25) is 0 Å². The fourth-order valence-corrected chi connectivity index (χ4v) is 2.93. The molecule has 0 aliphatic carbocycles. The van der Waals surface area contributed by atoms with E-state index in [1.54, 1.807) is 5.38 Å². The molecule has 3 aromatic rings. The van der Waals surface area contributed by atoms with Gasteiger partial charge in [-0.05, 0) is 36.4 Å². The van der Waals surface area contributed by atoms with Crippen molar-refractivity contribution in [3.05, 3.63) is 71.2 Å². The van der Waals surface area contributed by atoms with Gasteiger partial charge in [-0.2, -0.15) is 13.2 Å². The summed E-state index contributed by atoms with van der Waals surface area (Å²) in [6, 6.07) is 13.8. The molecule has 4 nitrogen and oxygen atoms in total. The Bertz CT molecular complexity index is 877. The third-order valence-corrected chi connectivity index (χ3v) is 4.22. The number of carbonyl (C=O) groups excluding carboxylic acids is 1. The molecule has 0 saturated heterocycles. The van der Waals surface area contributed by atoms with Crippen molar-refractivity contribution in [3.63, 3.8) is 0 Å². The number of thiazole rings is 1. The number of aromatic nitrogens is 1. The lowest BCUT2D eigenvalue weighted by atomic mass is 10.2. The van der Waals surface area contributed by atoms with Gasteiger partial charge in [0.1, 0.15) is 0 Å². The molecule has 1 aromatic heterocycles. The number of halogens is 3. The van der Waals surface area contributed by atoms with E-state index in [1.165, 1.54) is 23.5 Å². The molecule has 134 valence electrons. The summed E-state index contributed by atoms with van der Waals surface area (Å²) in [5, 5.41) is 8.12. The van der Waals surface area contributed by atoms with Crippen LogP contribution in [0.4, 0.5) is 29.7 Å². The summed E-state index contributed by atoms with van der Waals surface area (Å²) in [5.41, 5.74) is 1.02. The zero-order chi connectivity index (χ0) is 18.6.